The number of likely N-dealkylation sites (tertiary alicyclic amines) is 4. The number of amides is 2. The third kappa shape index (κ3) is 12.7. The van der Waals surface area contributed by atoms with Gasteiger partial charge in [0.15, 0.2) is 11.2 Å². The molecule has 13 heterocycles. The average molecular weight is 1450 g/mol. The van der Waals surface area contributed by atoms with E-state index in [0.717, 1.165) is 76.1 Å². The highest BCUT2D eigenvalue weighted by atomic mass is 127. The third-order valence-corrected chi connectivity index (χ3v) is 23.1. The van der Waals surface area contributed by atoms with Crippen LogP contribution in [0.1, 0.15) is 158 Å². The van der Waals surface area contributed by atoms with E-state index in [1.807, 2.05) is 30.3 Å². The van der Waals surface area contributed by atoms with Gasteiger partial charge in [0.05, 0.1) is 72.8 Å². The molecule has 2 amide bonds. The predicted octanol–water partition coefficient (Wildman–Crippen LogP) is 10.7. The zero-order chi connectivity index (χ0) is 69.2. The molecule has 0 spiro atoms. The number of piperidine rings is 4. The second kappa shape index (κ2) is 27.7. The summed E-state index contributed by atoms with van der Waals surface area (Å²) in [6.45, 7) is 26.8. The number of carbonyl (C=O) groups is 4. The van der Waals surface area contributed by atoms with Gasteiger partial charge in [-0.05, 0) is 196 Å². The molecule has 0 bridgehead atoms. The molecule has 9 aliphatic rings. The number of ether oxygens (including phenoxy) is 4. The molecule has 2 aromatic carbocycles. The number of cyclic esters (lactones) is 2. The number of aromatic nitrogens is 4. The number of rotatable bonds is 10. The zero-order valence-corrected chi connectivity index (χ0v) is 59.2. The number of pyridine rings is 4. The third-order valence-electron chi connectivity index (χ3n) is 22.0. The first-order valence-corrected chi connectivity index (χ1v) is 36.0. The fourth-order valence-electron chi connectivity index (χ4n) is 15.5. The maximum absolute atomic E-state index is 13.5. The lowest BCUT2D eigenvalue weighted by atomic mass is 9.85. The van der Waals surface area contributed by atoms with E-state index in [-0.39, 0.29) is 78.8 Å². The van der Waals surface area contributed by atoms with Crippen molar-refractivity contribution in [3.8, 4) is 34.3 Å². The molecular weight excluding hydrogens is 1360 g/mol. The van der Waals surface area contributed by atoms with Crippen LogP contribution in [0.3, 0.4) is 0 Å². The number of aliphatic hydroxyl groups is 2. The maximum Gasteiger partial charge on any atom is 0.461 e. The Morgan fingerprint density at radius 1 is 0.612 bits per heavy atom. The molecule has 2 N–H and O–H groups in total. The van der Waals surface area contributed by atoms with Crippen LogP contribution in [0.2, 0.25) is 6.32 Å². The molecule has 0 aliphatic carbocycles. The minimum atomic E-state index is -1.87. The number of fused-ring (bicyclic) bond motifs is 10. The van der Waals surface area contributed by atoms with Gasteiger partial charge in [-0.2, -0.15) is 0 Å². The first-order chi connectivity index (χ1) is 47.0. The second-order valence-corrected chi connectivity index (χ2v) is 29.4. The summed E-state index contributed by atoms with van der Waals surface area (Å²) in [5.74, 6) is -0.521. The van der Waals surface area contributed by atoms with E-state index >= 15 is 0 Å². The van der Waals surface area contributed by atoms with E-state index in [2.05, 4.69) is 73.2 Å². The van der Waals surface area contributed by atoms with Crippen LogP contribution < -0.4 is 20.6 Å². The molecule has 15 rings (SSSR count). The average Bonchev–Trinajstić information content (AvgIpc) is 1.15. The molecule has 24 heteroatoms. The van der Waals surface area contributed by atoms with Crippen molar-refractivity contribution in [1.82, 2.24) is 38.7 Å². The zero-order valence-electron chi connectivity index (χ0n) is 57.1. The van der Waals surface area contributed by atoms with Gasteiger partial charge in [0.25, 0.3) is 11.1 Å². The van der Waals surface area contributed by atoms with Gasteiger partial charge in [0.1, 0.15) is 24.7 Å². The molecule has 0 saturated carbocycles. The molecule has 2 atom stereocenters. The fourth-order valence-corrected chi connectivity index (χ4v) is 16.2. The number of nitrogens with zero attached hydrogens (tertiary/aromatic N) is 8. The lowest BCUT2D eigenvalue weighted by Gasteiger charge is -2.39. The van der Waals surface area contributed by atoms with Crippen molar-refractivity contribution < 1.29 is 57.6 Å². The van der Waals surface area contributed by atoms with Gasteiger partial charge in [0.2, 0.25) is 0 Å². The number of benzene rings is 2. The van der Waals surface area contributed by atoms with E-state index in [0.29, 0.717) is 114 Å². The molecule has 6 aromatic rings. The van der Waals surface area contributed by atoms with Crippen molar-refractivity contribution in [2.24, 2.45) is 0 Å². The van der Waals surface area contributed by atoms with E-state index in [4.69, 9.17) is 38.2 Å². The molecule has 9 aliphatic heterocycles. The first-order valence-electron chi connectivity index (χ1n) is 34.9. The van der Waals surface area contributed by atoms with Crippen molar-refractivity contribution in [2.75, 3.05) is 52.4 Å². The molecular formula is C74H88BIN8O14. The lowest BCUT2D eigenvalue weighted by Crippen LogP contribution is -2.48. The predicted molar refractivity (Wildman–Crippen MR) is 379 cm³/mol. The smallest absolute Gasteiger partial charge is 0.458 e. The van der Waals surface area contributed by atoms with Crippen molar-refractivity contribution >= 4 is 75.6 Å². The summed E-state index contributed by atoms with van der Waals surface area (Å²) in [4.78, 5) is 96.9. The number of carbonyl (C=O) groups excluding carboxylic acids is 4. The van der Waals surface area contributed by atoms with E-state index in [1.165, 1.54) is 51.6 Å². The Labute approximate surface area is 584 Å². The van der Waals surface area contributed by atoms with Crippen LogP contribution in [0.4, 0.5) is 9.59 Å². The number of esters is 2. The summed E-state index contributed by atoms with van der Waals surface area (Å²) < 4.78 is 37.7. The molecule has 5 saturated heterocycles. The van der Waals surface area contributed by atoms with Crippen LogP contribution >= 0.6 is 22.6 Å². The second-order valence-electron chi connectivity index (χ2n) is 28.3. The minimum Gasteiger partial charge on any atom is -0.458 e. The number of halogens is 1. The van der Waals surface area contributed by atoms with Gasteiger partial charge in [-0.3, -0.25) is 9.59 Å². The number of hydrogen-bond acceptors (Lipinski definition) is 18. The molecule has 0 unspecified atom stereocenters. The van der Waals surface area contributed by atoms with Crippen LogP contribution in [-0.4, -0.2) is 156 Å². The largest absolute Gasteiger partial charge is 0.461 e. The van der Waals surface area contributed by atoms with Crippen LogP contribution in [0, 0.1) is 3.57 Å². The summed E-state index contributed by atoms with van der Waals surface area (Å²) in [6, 6.07) is 15.7. The molecule has 4 aromatic heterocycles. The van der Waals surface area contributed by atoms with Gasteiger partial charge in [0, 0.05) is 83.2 Å². The van der Waals surface area contributed by atoms with Gasteiger partial charge in [-0.1, -0.05) is 38.8 Å². The standard InChI is InChI=1S/C34H38N4O6.C31H33IN4O6.C9H17BO2/c1-3-8-23-24-17-21-19-38-28(18-26-25(31(38)39)20-43-32(40)34(26,42)4-2)30(21)35-27(24)9-10-29(23)44-33(41)37-15-11-22(12-16-37)36-13-6-5-7-14-36;1-2-31(40)22-15-24-27-18(16-36(24)28(37)21(22)17-41-29(31)38)14-20-23(33-27)6-7-25(26(20)32)42-30(39)35-12-8-19(9-13-35)34-10-4-3-5-11-34;1-6-7-10-11-8(2,3)9(4,5)12-10/h3,9-10,17-18,22,42H,1,4-8,11-16,19-20H2,2H3;6-7,14-15,19,40H,2-5,8-13,16-17H2,1H3;6H,1,7H2,2-5H3/t34-;31-;/m00./s1. The summed E-state index contributed by atoms with van der Waals surface area (Å²) in [7, 11) is -0.118. The van der Waals surface area contributed by atoms with Gasteiger partial charge in [-0.25, -0.2) is 29.1 Å². The highest BCUT2D eigenvalue weighted by Gasteiger charge is 2.51. The molecule has 518 valence electrons. The van der Waals surface area contributed by atoms with Gasteiger partial charge < -0.3 is 67.2 Å². The van der Waals surface area contributed by atoms with E-state index < -0.39 is 23.1 Å². The summed E-state index contributed by atoms with van der Waals surface area (Å²) in [5, 5.41) is 23.9. The summed E-state index contributed by atoms with van der Waals surface area (Å²) in [5.41, 5.74) is 2.67. The summed E-state index contributed by atoms with van der Waals surface area (Å²) >= 11 is 2.19. The lowest BCUT2D eigenvalue weighted by molar-refractivity contribution is -0.172. The molecule has 22 nitrogen and oxygen atoms in total. The Morgan fingerprint density at radius 2 is 1.04 bits per heavy atom. The van der Waals surface area contributed by atoms with Crippen LogP contribution in [0.15, 0.2) is 83.4 Å². The van der Waals surface area contributed by atoms with E-state index in [9.17, 15) is 39.0 Å². The van der Waals surface area contributed by atoms with Crippen molar-refractivity contribution in [2.45, 2.75) is 192 Å². The Morgan fingerprint density at radius 3 is 1.48 bits per heavy atom. The minimum absolute atomic E-state index is 0.0859. The Bertz CT molecular complexity index is 4300. The number of allylic oxidation sites excluding steroid dienone is 2. The highest BCUT2D eigenvalue weighted by Crippen LogP contribution is 2.44. The van der Waals surface area contributed by atoms with E-state index in [1.54, 1.807) is 63.1 Å². The van der Waals surface area contributed by atoms with Crippen LogP contribution in [-0.2, 0) is 72.3 Å². The SMILES string of the molecule is C=CCB1OC(C)(C)C(C)(C)O1.C=CCc1c(OC(=O)N2CCC(N3CCCCC3)CC2)ccc2nc3c(cc12)Cn1c-3cc2c(c1=O)COC(=O)[C@]2(O)CC.CC[C@@]1(O)C(=O)OCc2c1cc1n(c2=O)Cc2cc3c(I)c(OC(=O)N4CCC(N5CCCCC5)CC4)ccc3nc2-1. The quantitative estimate of drug-likeness (QED) is 0.0559. The number of hydrogen-bond donors (Lipinski definition) is 2. The molecule has 5 fully saturated rings. The molecule has 98 heavy (non-hydrogen) atoms. The van der Waals surface area contributed by atoms with Crippen molar-refractivity contribution in [1.29, 1.82) is 0 Å². The first kappa shape index (κ1) is 69.2. The topological polar surface area (TPSA) is 247 Å². The summed E-state index contributed by atoms with van der Waals surface area (Å²) in [6.07, 6.45) is 15.9. The van der Waals surface area contributed by atoms with Gasteiger partial charge in [-0.15, -0.1) is 13.2 Å². The van der Waals surface area contributed by atoms with Crippen molar-refractivity contribution in [3.05, 3.63) is 137 Å². The monoisotopic (exact) mass is 1450 g/mol. The van der Waals surface area contributed by atoms with Crippen LogP contribution in [0.25, 0.3) is 44.6 Å². The Balaban J connectivity index is 0.000000151. The normalized spacial score (nSPS) is 22.6. The maximum atomic E-state index is 13.5. The Kier molecular flexibility index (Phi) is 19.5. The molecule has 0 radical (unpaired) electrons. The van der Waals surface area contributed by atoms with Gasteiger partial charge >= 0.3 is 31.2 Å². The fraction of sp³-hybridized carbons (Fsp3) is 0.514. The Hall–Kier alpha value is -7.33. The highest BCUT2D eigenvalue weighted by molar-refractivity contribution is 14.1. The van der Waals surface area contributed by atoms with Crippen LogP contribution in [0.5, 0.6) is 11.5 Å². The van der Waals surface area contributed by atoms with Crippen molar-refractivity contribution in [3.63, 3.8) is 0 Å².